The molecule has 0 heterocycles. The summed E-state index contributed by atoms with van der Waals surface area (Å²) < 4.78 is 6.21. The molecule has 3 rings (SSSR count). The SMILES string of the molecule is COc1ccc(C(Cl)c2ccc3c(c2)CCCC3)cc1Br. The van der Waals surface area contributed by atoms with Crippen LogP contribution in [0.5, 0.6) is 5.75 Å². The third-order valence-electron chi connectivity index (χ3n) is 4.13. The lowest BCUT2D eigenvalue weighted by atomic mass is 9.89. The van der Waals surface area contributed by atoms with Crippen molar-refractivity contribution in [1.29, 1.82) is 0 Å². The molecule has 1 aliphatic carbocycles. The Morgan fingerprint density at radius 2 is 1.67 bits per heavy atom. The van der Waals surface area contributed by atoms with Crippen LogP contribution in [0.25, 0.3) is 0 Å². The first-order chi connectivity index (χ1) is 10.2. The van der Waals surface area contributed by atoms with Crippen molar-refractivity contribution in [3.05, 3.63) is 63.1 Å². The molecule has 1 atom stereocenters. The molecule has 0 saturated carbocycles. The van der Waals surface area contributed by atoms with E-state index in [9.17, 15) is 0 Å². The summed E-state index contributed by atoms with van der Waals surface area (Å²) in [4.78, 5) is 0. The molecule has 0 bridgehead atoms. The minimum Gasteiger partial charge on any atom is -0.496 e. The lowest BCUT2D eigenvalue weighted by Crippen LogP contribution is -2.04. The zero-order valence-electron chi connectivity index (χ0n) is 12.0. The van der Waals surface area contributed by atoms with Crippen LogP contribution in [0.1, 0.15) is 40.5 Å². The lowest BCUT2D eigenvalue weighted by Gasteiger charge is -2.19. The summed E-state index contributed by atoms with van der Waals surface area (Å²) in [7, 11) is 1.67. The Balaban J connectivity index is 1.91. The smallest absolute Gasteiger partial charge is 0.133 e. The van der Waals surface area contributed by atoms with Gasteiger partial charge in [-0.1, -0.05) is 24.3 Å². The number of rotatable bonds is 3. The molecule has 0 N–H and O–H groups in total. The number of fused-ring (bicyclic) bond motifs is 1. The lowest BCUT2D eigenvalue weighted by molar-refractivity contribution is 0.412. The van der Waals surface area contributed by atoms with Crippen molar-refractivity contribution in [2.45, 2.75) is 31.1 Å². The van der Waals surface area contributed by atoms with Gasteiger partial charge in [0.15, 0.2) is 0 Å². The number of aryl methyl sites for hydroxylation is 2. The average molecular weight is 366 g/mol. The molecule has 2 aromatic rings. The van der Waals surface area contributed by atoms with Crippen molar-refractivity contribution >= 4 is 27.5 Å². The van der Waals surface area contributed by atoms with Gasteiger partial charge in [0.1, 0.15) is 5.75 Å². The molecule has 21 heavy (non-hydrogen) atoms. The van der Waals surface area contributed by atoms with Gasteiger partial charge in [-0.3, -0.25) is 0 Å². The highest BCUT2D eigenvalue weighted by Crippen LogP contribution is 2.35. The summed E-state index contributed by atoms with van der Waals surface area (Å²) in [6.45, 7) is 0. The summed E-state index contributed by atoms with van der Waals surface area (Å²) in [6, 6.07) is 12.7. The van der Waals surface area contributed by atoms with Gasteiger partial charge in [0.25, 0.3) is 0 Å². The maximum absolute atomic E-state index is 6.68. The van der Waals surface area contributed by atoms with E-state index in [0.717, 1.165) is 15.8 Å². The highest BCUT2D eigenvalue weighted by Gasteiger charge is 2.16. The van der Waals surface area contributed by atoms with Gasteiger partial charge in [-0.2, -0.15) is 0 Å². The highest BCUT2D eigenvalue weighted by atomic mass is 79.9. The number of benzene rings is 2. The van der Waals surface area contributed by atoms with E-state index in [2.05, 4.69) is 34.1 Å². The van der Waals surface area contributed by atoms with Crippen molar-refractivity contribution < 1.29 is 4.74 Å². The van der Waals surface area contributed by atoms with Gasteiger partial charge in [0.05, 0.1) is 17.0 Å². The second kappa shape index (κ2) is 6.41. The summed E-state index contributed by atoms with van der Waals surface area (Å²) in [5.74, 6) is 0.827. The Kier molecular flexibility index (Phi) is 4.56. The van der Waals surface area contributed by atoms with Gasteiger partial charge in [0.2, 0.25) is 0 Å². The fourth-order valence-corrected chi connectivity index (χ4v) is 3.77. The Morgan fingerprint density at radius 1 is 1.00 bits per heavy atom. The van der Waals surface area contributed by atoms with Crippen LogP contribution in [-0.4, -0.2) is 7.11 Å². The number of methoxy groups -OCH3 is 1. The van der Waals surface area contributed by atoms with Crippen molar-refractivity contribution in [1.82, 2.24) is 0 Å². The van der Waals surface area contributed by atoms with Crippen LogP contribution in [0.2, 0.25) is 0 Å². The van der Waals surface area contributed by atoms with Gasteiger partial charge < -0.3 is 4.74 Å². The Bertz CT molecular complexity index is 654. The second-order valence-electron chi connectivity index (χ2n) is 5.49. The third kappa shape index (κ3) is 3.12. The standard InChI is InChI=1S/C18H18BrClO/c1-21-17-9-8-15(11-16(17)19)18(20)14-7-6-12-4-2-3-5-13(12)10-14/h6-11,18H,2-5H2,1H3. The molecule has 0 aromatic heterocycles. The van der Waals surface area contributed by atoms with Crippen LogP contribution >= 0.6 is 27.5 Å². The predicted octanol–water partition coefficient (Wildman–Crippen LogP) is 5.66. The number of halogens is 2. The zero-order valence-corrected chi connectivity index (χ0v) is 14.4. The van der Waals surface area contributed by atoms with Gasteiger partial charge >= 0.3 is 0 Å². The molecular formula is C18H18BrClO. The van der Waals surface area contributed by atoms with E-state index in [-0.39, 0.29) is 5.38 Å². The maximum atomic E-state index is 6.68. The van der Waals surface area contributed by atoms with Crippen LogP contribution in [0.4, 0.5) is 0 Å². The minimum atomic E-state index is -0.126. The number of hydrogen-bond donors (Lipinski definition) is 0. The number of alkyl halides is 1. The fourth-order valence-electron chi connectivity index (χ4n) is 2.94. The topological polar surface area (TPSA) is 9.23 Å². The van der Waals surface area contributed by atoms with Crippen molar-refractivity contribution in [3.8, 4) is 5.75 Å². The molecule has 0 radical (unpaired) electrons. The Morgan fingerprint density at radius 3 is 2.38 bits per heavy atom. The van der Waals surface area contributed by atoms with Gasteiger partial charge in [0, 0.05) is 0 Å². The van der Waals surface area contributed by atoms with E-state index in [0.29, 0.717) is 0 Å². The second-order valence-corrected chi connectivity index (χ2v) is 6.78. The molecule has 0 saturated heterocycles. The first-order valence-electron chi connectivity index (χ1n) is 7.28. The maximum Gasteiger partial charge on any atom is 0.133 e. The first kappa shape index (κ1) is 14.9. The summed E-state index contributed by atoms with van der Waals surface area (Å²) in [5.41, 5.74) is 5.22. The van der Waals surface area contributed by atoms with E-state index in [4.69, 9.17) is 16.3 Å². The molecule has 0 aliphatic heterocycles. The van der Waals surface area contributed by atoms with E-state index < -0.39 is 0 Å². The number of hydrogen-bond acceptors (Lipinski definition) is 1. The fraction of sp³-hybridized carbons (Fsp3) is 0.333. The zero-order chi connectivity index (χ0) is 14.8. The predicted molar refractivity (Wildman–Crippen MR) is 91.5 cm³/mol. The molecule has 0 spiro atoms. The van der Waals surface area contributed by atoms with E-state index in [1.165, 1.54) is 42.4 Å². The minimum absolute atomic E-state index is 0.126. The van der Waals surface area contributed by atoms with Crippen LogP contribution in [0.3, 0.4) is 0 Å². The molecule has 1 aliphatic rings. The molecule has 0 amide bonds. The largest absolute Gasteiger partial charge is 0.496 e. The number of ether oxygens (including phenoxy) is 1. The average Bonchev–Trinajstić information content (AvgIpc) is 2.53. The van der Waals surface area contributed by atoms with Crippen LogP contribution in [-0.2, 0) is 12.8 Å². The molecular weight excluding hydrogens is 348 g/mol. The summed E-state index contributed by atoms with van der Waals surface area (Å²) >= 11 is 10.2. The highest BCUT2D eigenvalue weighted by molar-refractivity contribution is 9.10. The van der Waals surface area contributed by atoms with E-state index >= 15 is 0 Å². The van der Waals surface area contributed by atoms with E-state index in [1.807, 2.05) is 18.2 Å². The van der Waals surface area contributed by atoms with Crippen LogP contribution < -0.4 is 4.74 Å². The van der Waals surface area contributed by atoms with E-state index in [1.54, 1.807) is 7.11 Å². The van der Waals surface area contributed by atoms with Gasteiger partial charge in [-0.15, -0.1) is 11.6 Å². The van der Waals surface area contributed by atoms with Crippen molar-refractivity contribution in [2.24, 2.45) is 0 Å². The molecule has 110 valence electrons. The van der Waals surface area contributed by atoms with Crippen molar-refractivity contribution in [3.63, 3.8) is 0 Å². The van der Waals surface area contributed by atoms with Crippen LogP contribution in [0.15, 0.2) is 40.9 Å². The normalized spacial score (nSPS) is 15.4. The third-order valence-corrected chi connectivity index (χ3v) is 5.26. The first-order valence-corrected chi connectivity index (χ1v) is 8.51. The van der Waals surface area contributed by atoms with Gasteiger partial charge in [-0.05, 0) is 76.0 Å². The quantitative estimate of drug-likeness (QED) is 0.637. The molecule has 1 unspecified atom stereocenters. The Hall–Kier alpha value is -0.990. The van der Waals surface area contributed by atoms with Crippen LogP contribution in [0, 0.1) is 0 Å². The van der Waals surface area contributed by atoms with Gasteiger partial charge in [-0.25, -0.2) is 0 Å². The summed E-state index contributed by atoms with van der Waals surface area (Å²) in [5, 5.41) is -0.126. The monoisotopic (exact) mass is 364 g/mol. The molecule has 0 fully saturated rings. The van der Waals surface area contributed by atoms with Crippen molar-refractivity contribution in [2.75, 3.05) is 7.11 Å². The molecule has 1 nitrogen and oxygen atoms in total. The molecule has 3 heteroatoms. The Labute approximate surface area is 139 Å². The molecule has 2 aromatic carbocycles. The summed E-state index contributed by atoms with van der Waals surface area (Å²) in [6.07, 6.45) is 4.98.